The van der Waals surface area contributed by atoms with Gasteiger partial charge in [0.25, 0.3) is 5.91 Å². The van der Waals surface area contributed by atoms with Gasteiger partial charge < -0.3 is 26.2 Å². The molecule has 0 aliphatic rings. The summed E-state index contributed by atoms with van der Waals surface area (Å²) in [7, 11) is 1.51. The first-order valence-electron chi connectivity index (χ1n) is 7.12. The summed E-state index contributed by atoms with van der Waals surface area (Å²) in [5.41, 5.74) is 5.48. The lowest BCUT2D eigenvalue weighted by Crippen LogP contribution is -2.41. The van der Waals surface area contributed by atoms with Gasteiger partial charge in [0.1, 0.15) is 11.8 Å². The Kier molecular flexibility index (Phi) is 7.55. The molecule has 23 heavy (non-hydrogen) atoms. The van der Waals surface area contributed by atoms with Gasteiger partial charge in [0.05, 0.1) is 13.7 Å². The summed E-state index contributed by atoms with van der Waals surface area (Å²) < 4.78 is 4.99. The van der Waals surface area contributed by atoms with Crippen LogP contribution in [0.25, 0.3) is 0 Å². The molecular weight excluding hydrogens is 302 g/mol. The number of carboxylic acid groups (broad SMARTS) is 1. The third kappa shape index (κ3) is 6.35. The molecule has 1 atom stereocenters. The lowest BCUT2D eigenvalue weighted by Gasteiger charge is -2.15. The van der Waals surface area contributed by atoms with E-state index in [1.54, 1.807) is 24.3 Å². The Balaban J connectivity index is 2.52. The maximum atomic E-state index is 12.0. The van der Waals surface area contributed by atoms with Crippen molar-refractivity contribution in [2.75, 3.05) is 20.2 Å². The highest BCUT2D eigenvalue weighted by atomic mass is 16.5. The van der Waals surface area contributed by atoms with E-state index >= 15 is 0 Å². The van der Waals surface area contributed by atoms with Crippen molar-refractivity contribution >= 4 is 17.8 Å². The first kappa shape index (κ1) is 18.4. The van der Waals surface area contributed by atoms with E-state index in [-0.39, 0.29) is 18.9 Å². The van der Waals surface area contributed by atoms with Crippen molar-refractivity contribution in [1.29, 1.82) is 0 Å². The molecule has 0 aliphatic carbocycles. The number of nitrogens with two attached hydrogens (primary N) is 1. The molecule has 1 rings (SSSR count). The SMILES string of the molecule is COc1ccc(C(=O)N[C@@H](CCCNC(=O)CN)C(=O)O)cc1. The summed E-state index contributed by atoms with van der Waals surface area (Å²) in [5, 5.41) is 14.2. The van der Waals surface area contributed by atoms with Crippen LogP contribution in [0.1, 0.15) is 23.2 Å². The molecule has 0 unspecified atom stereocenters. The first-order chi connectivity index (χ1) is 11.0. The second-order valence-electron chi connectivity index (χ2n) is 4.79. The zero-order chi connectivity index (χ0) is 17.2. The summed E-state index contributed by atoms with van der Waals surface area (Å²) in [6, 6.07) is 5.31. The van der Waals surface area contributed by atoms with Gasteiger partial charge in [-0.15, -0.1) is 0 Å². The van der Waals surface area contributed by atoms with Crippen LogP contribution in [0.3, 0.4) is 0 Å². The highest BCUT2D eigenvalue weighted by Crippen LogP contribution is 2.11. The smallest absolute Gasteiger partial charge is 0.326 e. The number of nitrogens with one attached hydrogen (secondary N) is 2. The molecule has 0 aromatic heterocycles. The van der Waals surface area contributed by atoms with Crippen molar-refractivity contribution in [3.05, 3.63) is 29.8 Å². The van der Waals surface area contributed by atoms with Crippen molar-refractivity contribution in [2.45, 2.75) is 18.9 Å². The van der Waals surface area contributed by atoms with Crippen molar-refractivity contribution in [2.24, 2.45) is 5.73 Å². The van der Waals surface area contributed by atoms with Crippen LogP contribution in [-0.4, -0.2) is 49.1 Å². The molecule has 0 aliphatic heterocycles. The standard InChI is InChI=1S/C15H21N3O5/c1-23-11-6-4-10(5-7-11)14(20)18-12(15(21)22)3-2-8-17-13(19)9-16/h4-7,12H,2-3,8-9,16H2,1H3,(H,17,19)(H,18,20)(H,21,22)/t12-/m0/s1. The van der Waals surface area contributed by atoms with Gasteiger partial charge in [-0.3, -0.25) is 9.59 Å². The quantitative estimate of drug-likeness (QED) is 0.463. The largest absolute Gasteiger partial charge is 0.497 e. The van der Waals surface area contributed by atoms with Gasteiger partial charge >= 0.3 is 5.97 Å². The molecule has 0 fully saturated rings. The van der Waals surface area contributed by atoms with Gasteiger partial charge in [-0.25, -0.2) is 4.79 Å². The zero-order valence-electron chi connectivity index (χ0n) is 12.9. The average Bonchev–Trinajstić information content (AvgIpc) is 2.56. The lowest BCUT2D eigenvalue weighted by atomic mass is 10.1. The number of hydrogen-bond acceptors (Lipinski definition) is 5. The third-order valence-electron chi connectivity index (χ3n) is 3.13. The molecule has 0 spiro atoms. The number of rotatable bonds is 9. The van der Waals surface area contributed by atoms with Gasteiger partial charge in [-0.05, 0) is 37.1 Å². The normalized spacial score (nSPS) is 11.4. The van der Waals surface area contributed by atoms with Crippen molar-refractivity contribution in [3.8, 4) is 5.75 Å². The van der Waals surface area contributed by atoms with Crippen molar-refractivity contribution in [1.82, 2.24) is 10.6 Å². The number of carboxylic acids is 1. The van der Waals surface area contributed by atoms with E-state index in [0.717, 1.165) is 0 Å². The van der Waals surface area contributed by atoms with E-state index in [2.05, 4.69) is 10.6 Å². The fourth-order valence-corrected chi connectivity index (χ4v) is 1.85. The lowest BCUT2D eigenvalue weighted by molar-refractivity contribution is -0.139. The third-order valence-corrected chi connectivity index (χ3v) is 3.13. The summed E-state index contributed by atoms with van der Waals surface area (Å²) in [4.78, 5) is 34.2. The molecule has 1 aromatic rings. The van der Waals surface area contributed by atoms with Crippen LogP contribution in [0, 0.1) is 0 Å². The van der Waals surface area contributed by atoms with Crippen LogP contribution in [0.5, 0.6) is 5.75 Å². The second kappa shape index (κ2) is 9.42. The maximum absolute atomic E-state index is 12.0. The maximum Gasteiger partial charge on any atom is 0.326 e. The molecule has 8 nitrogen and oxygen atoms in total. The molecule has 2 amide bonds. The highest BCUT2D eigenvalue weighted by molar-refractivity contribution is 5.96. The van der Waals surface area contributed by atoms with Crippen LogP contribution < -0.4 is 21.1 Å². The summed E-state index contributed by atoms with van der Waals surface area (Å²) in [6.45, 7) is 0.189. The fourth-order valence-electron chi connectivity index (χ4n) is 1.85. The minimum atomic E-state index is -1.13. The number of amides is 2. The Bertz CT molecular complexity index is 545. The first-order valence-corrected chi connectivity index (χ1v) is 7.12. The Labute approximate surface area is 134 Å². The van der Waals surface area contributed by atoms with E-state index in [4.69, 9.17) is 15.6 Å². The summed E-state index contributed by atoms with van der Waals surface area (Å²) >= 11 is 0. The highest BCUT2D eigenvalue weighted by Gasteiger charge is 2.20. The molecule has 0 saturated heterocycles. The molecule has 126 valence electrons. The van der Waals surface area contributed by atoms with E-state index in [0.29, 0.717) is 24.3 Å². The molecule has 1 aromatic carbocycles. The van der Waals surface area contributed by atoms with E-state index in [1.165, 1.54) is 7.11 Å². The molecule has 0 radical (unpaired) electrons. The van der Waals surface area contributed by atoms with Crippen LogP contribution in [0.4, 0.5) is 0 Å². The molecular formula is C15H21N3O5. The Morgan fingerprint density at radius 3 is 2.43 bits per heavy atom. The van der Waals surface area contributed by atoms with Gasteiger partial charge in [0.15, 0.2) is 0 Å². The topological polar surface area (TPSA) is 131 Å². The molecule has 5 N–H and O–H groups in total. The zero-order valence-corrected chi connectivity index (χ0v) is 12.9. The Morgan fingerprint density at radius 2 is 1.91 bits per heavy atom. The molecule has 8 heteroatoms. The predicted octanol–water partition coefficient (Wildman–Crippen LogP) is -0.267. The number of hydrogen-bond donors (Lipinski definition) is 4. The number of benzene rings is 1. The van der Waals surface area contributed by atoms with Gasteiger partial charge in [-0.1, -0.05) is 0 Å². The summed E-state index contributed by atoms with van der Waals surface area (Å²) in [5.74, 6) is -1.31. The van der Waals surface area contributed by atoms with Gasteiger partial charge in [-0.2, -0.15) is 0 Å². The molecule has 0 heterocycles. The van der Waals surface area contributed by atoms with Gasteiger partial charge in [0, 0.05) is 12.1 Å². The summed E-state index contributed by atoms with van der Waals surface area (Å²) in [6.07, 6.45) is 0.605. The number of carbonyl (C=O) groups is 3. The van der Waals surface area contributed by atoms with Crippen LogP contribution in [0.2, 0.25) is 0 Å². The fraction of sp³-hybridized carbons (Fsp3) is 0.400. The van der Waals surface area contributed by atoms with Gasteiger partial charge in [0.2, 0.25) is 5.91 Å². The van der Waals surface area contributed by atoms with E-state index in [1.807, 2.05) is 0 Å². The Hall–Kier alpha value is -2.61. The molecule has 0 saturated carbocycles. The van der Waals surface area contributed by atoms with Crippen molar-refractivity contribution in [3.63, 3.8) is 0 Å². The average molecular weight is 323 g/mol. The van der Waals surface area contributed by atoms with Crippen LogP contribution in [0.15, 0.2) is 24.3 Å². The second-order valence-corrected chi connectivity index (χ2v) is 4.79. The monoisotopic (exact) mass is 323 g/mol. The van der Waals surface area contributed by atoms with E-state index in [9.17, 15) is 14.4 Å². The minimum Gasteiger partial charge on any atom is -0.497 e. The number of aliphatic carboxylic acids is 1. The minimum absolute atomic E-state index is 0.115. The van der Waals surface area contributed by atoms with Crippen molar-refractivity contribution < 1.29 is 24.2 Å². The number of carbonyl (C=O) groups excluding carboxylic acids is 2. The van der Waals surface area contributed by atoms with Crippen LogP contribution >= 0.6 is 0 Å². The Morgan fingerprint density at radius 1 is 1.26 bits per heavy atom. The van der Waals surface area contributed by atoms with E-state index < -0.39 is 17.9 Å². The van der Waals surface area contributed by atoms with Crippen LogP contribution in [-0.2, 0) is 9.59 Å². The predicted molar refractivity (Wildman–Crippen MR) is 83.2 cm³/mol. The number of ether oxygens (including phenoxy) is 1. The molecule has 0 bridgehead atoms. The number of methoxy groups -OCH3 is 1.